The lowest BCUT2D eigenvalue weighted by molar-refractivity contribution is -0.139. The fraction of sp³-hybridized carbons (Fsp3) is 0.0556. The molecular formula is C18H14BrN3O3. The van der Waals surface area contributed by atoms with Crippen LogP contribution in [0.15, 0.2) is 71.3 Å². The summed E-state index contributed by atoms with van der Waals surface area (Å²) in [7, 11) is 0. The number of benzene rings is 2. The van der Waals surface area contributed by atoms with Crippen molar-refractivity contribution >= 4 is 27.8 Å². The third kappa shape index (κ3) is 3.95. The molecular weight excluding hydrogens is 386 g/mol. The normalized spacial score (nSPS) is 11.7. The number of carbonyl (C=O) groups excluding carboxylic acids is 1. The van der Waals surface area contributed by atoms with Gasteiger partial charge in [-0.25, -0.2) is 9.48 Å². The molecule has 0 aliphatic heterocycles. The number of aliphatic carboxylic acids is 1. The molecule has 3 rings (SSSR count). The van der Waals surface area contributed by atoms with Crippen molar-refractivity contribution in [1.29, 1.82) is 0 Å². The molecule has 6 nitrogen and oxygen atoms in total. The predicted octanol–water partition coefficient (Wildman–Crippen LogP) is 3.19. The Hall–Kier alpha value is -2.93. The third-order valence-electron chi connectivity index (χ3n) is 3.57. The molecule has 0 radical (unpaired) electrons. The number of nitrogens with one attached hydrogen (secondary N) is 1. The highest BCUT2D eigenvalue weighted by Crippen LogP contribution is 2.15. The molecule has 1 unspecified atom stereocenters. The maximum Gasteiger partial charge on any atom is 0.330 e. The van der Waals surface area contributed by atoms with Crippen molar-refractivity contribution in [1.82, 2.24) is 15.1 Å². The minimum atomic E-state index is -1.13. The number of halogens is 1. The summed E-state index contributed by atoms with van der Waals surface area (Å²) in [6, 6.07) is 16.4. The van der Waals surface area contributed by atoms with E-state index in [9.17, 15) is 14.7 Å². The standard InChI is InChI=1S/C18H14BrN3O3/c19-13-6-8-14(9-7-13)22-11-10-15(21-22)17(23)20-16(18(24)25)12-4-2-1-3-5-12/h1-11,16H,(H,20,23)(H,24,25). The molecule has 0 spiro atoms. The molecule has 0 aliphatic rings. The van der Waals surface area contributed by atoms with Gasteiger partial charge in [-0.15, -0.1) is 0 Å². The Balaban J connectivity index is 1.79. The first-order valence-corrected chi connectivity index (χ1v) is 8.24. The molecule has 0 saturated carbocycles. The van der Waals surface area contributed by atoms with Gasteiger partial charge in [0.1, 0.15) is 0 Å². The van der Waals surface area contributed by atoms with Gasteiger partial charge in [0.25, 0.3) is 5.91 Å². The quantitative estimate of drug-likeness (QED) is 0.689. The summed E-state index contributed by atoms with van der Waals surface area (Å²) >= 11 is 3.36. The lowest BCUT2D eigenvalue weighted by atomic mass is 10.1. The number of aromatic nitrogens is 2. The second-order valence-corrected chi connectivity index (χ2v) is 6.19. The van der Waals surface area contributed by atoms with Gasteiger partial charge in [-0.1, -0.05) is 46.3 Å². The minimum Gasteiger partial charge on any atom is -0.479 e. The number of rotatable bonds is 5. The molecule has 1 amide bonds. The van der Waals surface area contributed by atoms with E-state index in [2.05, 4.69) is 26.3 Å². The van der Waals surface area contributed by atoms with Crippen LogP contribution in [0.3, 0.4) is 0 Å². The Labute approximate surface area is 152 Å². The van der Waals surface area contributed by atoms with E-state index in [1.54, 1.807) is 47.3 Å². The zero-order valence-corrected chi connectivity index (χ0v) is 14.6. The highest BCUT2D eigenvalue weighted by Gasteiger charge is 2.23. The number of carboxylic acid groups (broad SMARTS) is 1. The first-order chi connectivity index (χ1) is 12.0. The van der Waals surface area contributed by atoms with Crippen LogP contribution in [-0.4, -0.2) is 26.8 Å². The largest absolute Gasteiger partial charge is 0.479 e. The van der Waals surface area contributed by atoms with Crippen LogP contribution in [-0.2, 0) is 4.79 Å². The van der Waals surface area contributed by atoms with Crippen molar-refractivity contribution in [3.8, 4) is 5.69 Å². The van der Waals surface area contributed by atoms with Crippen LogP contribution < -0.4 is 5.32 Å². The van der Waals surface area contributed by atoms with E-state index in [0.29, 0.717) is 5.56 Å². The van der Waals surface area contributed by atoms with Gasteiger partial charge < -0.3 is 10.4 Å². The van der Waals surface area contributed by atoms with Crippen LogP contribution in [0.4, 0.5) is 0 Å². The molecule has 25 heavy (non-hydrogen) atoms. The van der Waals surface area contributed by atoms with Crippen LogP contribution in [0, 0.1) is 0 Å². The SMILES string of the molecule is O=C(NC(C(=O)O)c1ccccc1)c1ccn(-c2ccc(Br)cc2)n1. The predicted molar refractivity (Wildman–Crippen MR) is 95.5 cm³/mol. The highest BCUT2D eigenvalue weighted by molar-refractivity contribution is 9.10. The number of carboxylic acids is 1. The Kier molecular flexibility index (Phi) is 4.95. The summed E-state index contributed by atoms with van der Waals surface area (Å²) in [4.78, 5) is 23.9. The van der Waals surface area contributed by atoms with Crippen molar-refractivity contribution in [2.24, 2.45) is 0 Å². The molecule has 7 heteroatoms. The van der Waals surface area contributed by atoms with Gasteiger partial charge in [-0.05, 0) is 35.9 Å². The van der Waals surface area contributed by atoms with E-state index in [-0.39, 0.29) is 5.69 Å². The monoisotopic (exact) mass is 399 g/mol. The summed E-state index contributed by atoms with van der Waals surface area (Å²) in [5.74, 6) is -1.68. The molecule has 3 aromatic rings. The number of nitrogens with zero attached hydrogens (tertiary/aromatic N) is 2. The molecule has 126 valence electrons. The summed E-state index contributed by atoms with van der Waals surface area (Å²) < 4.78 is 2.49. The molecule has 0 fully saturated rings. The topological polar surface area (TPSA) is 84.2 Å². The highest BCUT2D eigenvalue weighted by atomic mass is 79.9. The van der Waals surface area contributed by atoms with Gasteiger partial charge in [-0.3, -0.25) is 4.79 Å². The maximum absolute atomic E-state index is 12.4. The van der Waals surface area contributed by atoms with Crippen LogP contribution in [0.1, 0.15) is 22.1 Å². The van der Waals surface area contributed by atoms with E-state index >= 15 is 0 Å². The van der Waals surface area contributed by atoms with E-state index in [0.717, 1.165) is 10.2 Å². The van der Waals surface area contributed by atoms with Gasteiger partial charge >= 0.3 is 5.97 Å². The van der Waals surface area contributed by atoms with Gasteiger partial charge in [0.2, 0.25) is 0 Å². The summed E-state index contributed by atoms with van der Waals surface area (Å²) in [6.07, 6.45) is 1.65. The molecule has 0 saturated heterocycles. The van der Waals surface area contributed by atoms with Crippen molar-refractivity contribution in [3.05, 3.63) is 82.6 Å². The third-order valence-corrected chi connectivity index (χ3v) is 4.10. The fourth-order valence-electron chi connectivity index (χ4n) is 2.32. The van der Waals surface area contributed by atoms with Crippen LogP contribution in [0.2, 0.25) is 0 Å². The molecule has 1 heterocycles. The van der Waals surface area contributed by atoms with Crippen molar-refractivity contribution in [3.63, 3.8) is 0 Å². The molecule has 2 N–H and O–H groups in total. The first-order valence-electron chi connectivity index (χ1n) is 7.45. The fourth-order valence-corrected chi connectivity index (χ4v) is 2.59. The summed E-state index contributed by atoms with van der Waals surface area (Å²) in [5.41, 5.74) is 1.43. The van der Waals surface area contributed by atoms with Crippen molar-refractivity contribution in [2.45, 2.75) is 6.04 Å². The van der Waals surface area contributed by atoms with E-state index in [1.807, 2.05) is 24.3 Å². The van der Waals surface area contributed by atoms with Gasteiger partial charge in [-0.2, -0.15) is 5.10 Å². The van der Waals surface area contributed by atoms with E-state index in [1.165, 1.54) is 0 Å². The number of carbonyl (C=O) groups is 2. The van der Waals surface area contributed by atoms with Gasteiger partial charge in [0.15, 0.2) is 11.7 Å². The van der Waals surface area contributed by atoms with Crippen molar-refractivity contribution in [2.75, 3.05) is 0 Å². The summed E-state index contributed by atoms with van der Waals surface area (Å²) in [5, 5.41) is 16.1. The molecule has 0 aliphatic carbocycles. The average molecular weight is 400 g/mol. The van der Waals surface area contributed by atoms with E-state index in [4.69, 9.17) is 0 Å². The second kappa shape index (κ2) is 7.31. The average Bonchev–Trinajstić information content (AvgIpc) is 3.11. The lowest BCUT2D eigenvalue weighted by Gasteiger charge is -2.13. The Morgan fingerprint density at radius 3 is 2.36 bits per heavy atom. The second-order valence-electron chi connectivity index (χ2n) is 5.28. The molecule has 1 atom stereocenters. The van der Waals surface area contributed by atoms with Crippen LogP contribution >= 0.6 is 15.9 Å². The van der Waals surface area contributed by atoms with Crippen molar-refractivity contribution < 1.29 is 14.7 Å². The number of hydrogen-bond donors (Lipinski definition) is 2. The summed E-state index contributed by atoms with van der Waals surface area (Å²) in [6.45, 7) is 0. The number of amides is 1. The van der Waals surface area contributed by atoms with Crippen LogP contribution in [0.5, 0.6) is 0 Å². The Bertz CT molecular complexity index is 891. The van der Waals surface area contributed by atoms with E-state index < -0.39 is 17.9 Å². The number of hydrogen-bond acceptors (Lipinski definition) is 3. The Morgan fingerprint density at radius 2 is 1.72 bits per heavy atom. The molecule has 2 aromatic carbocycles. The molecule has 1 aromatic heterocycles. The van der Waals surface area contributed by atoms with Gasteiger partial charge in [0, 0.05) is 10.7 Å². The lowest BCUT2D eigenvalue weighted by Crippen LogP contribution is -2.34. The maximum atomic E-state index is 12.4. The molecule has 0 bridgehead atoms. The zero-order chi connectivity index (χ0) is 17.8. The Morgan fingerprint density at radius 1 is 1.04 bits per heavy atom. The van der Waals surface area contributed by atoms with Crippen LogP contribution in [0.25, 0.3) is 5.69 Å². The first kappa shape index (κ1) is 16.9. The zero-order valence-electron chi connectivity index (χ0n) is 13.0. The minimum absolute atomic E-state index is 0.144. The smallest absolute Gasteiger partial charge is 0.330 e. The van der Waals surface area contributed by atoms with Gasteiger partial charge in [0.05, 0.1) is 5.69 Å².